The molecule has 3 rings (SSSR count). The van der Waals surface area contributed by atoms with E-state index in [1.54, 1.807) is 0 Å². The molecule has 1 saturated carbocycles. The highest BCUT2D eigenvalue weighted by molar-refractivity contribution is 6.35. The zero-order valence-corrected chi connectivity index (χ0v) is 14.6. The van der Waals surface area contributed by atoms with Crippen LogP contribution in [0.1, 0.15) is 29.5 Å². The van der Waals surface area contributed by atoms with Crippen LogP contribution in [0.4, 0.5) is 0 Å². The minimum absolute atomic E-state index is 0.133. The lowest BCUT2D eigenvalue weighted by molar-refractivity contribution is -0.139. The molecule has 2 aromatic carbocycles. The van der Waals surface area contributed by atoms with E-state index in [-0.39, 0.29) is 6.04 Å². The van der Waals surface area contributed by atoms with Crippen molar-refractivity contribution in [1.82, 2.24) is 10.7 Å². The summed E-state index contributed by atoms with van der Waals surface area (Å²) in [6.45, 7) is 2.47. The SMILES string of the molecule is Cc1ccc(COc2ccccc2/C=N\NC(=O)C(=O)NC2CC2)cc1. The Morgan fingerprint density at radius 2 is 1.85 bits per heavy atom. The third-order valence-corrected chi connectivity index (χ3v) is 3.92. The largest absolute Gasteiger partial charge is 0.488 e. The summed E-state index contributed by atoms with van der Waals surface area (Å²) in [6.07, 6.45) is 3.31. The summed E-state index contributed by atoms with van der Waals surface area (Å²) < 4.78 is 5.85. The minimum atomic E-state index is -0.772. The van der Waals surface area contributed by atoms with Crippen LogP contribution in [0.15, 0.2) is 53.6 Å². The van der Waals surface area contributed by atoms with Crippen molar-refractivity contribution in [2.45, 2.75) is 32.4 Å². The van der Waals surface area contributed by atoms with Crippen molar-refractivity contribution in [2.75, 3.05) is 0 Å². The van der Waals surface area contributed by atoms with E-state index in [0.717, 1.165) is 18.4 Å². The maximum atomic E-state index is 11.7. The molecule has 0 spiro atoms. The van der Waals surface area contributed by atoms with E-state index in [4.69, 9.17) is 4.74 Å². The molecule has 0 aliphatic heterocycles. The van der Waals surface area contributed by atoms with Crippen LogP contribution in [-0.2, 0) is 16.2 Å². The van der Waals surface area contributed by atoms with Crippen LogP contribution in [0.2, 0.25) is 0 Å². The summed E-state index contributed by atoms with van der Waals surface area (Å²) in [6, 6.07) is 15.6. The fourth-order valence-electron chi connectivity index (χ4n) is 2.25. The van der Waals surface area contributed by atoms with E-state index < -0.39 is 11.8 Å². The molecule has 1 fully saturated rings. The van der Waals surface area contributed by atoms with E-state index in [0.29, 0.717) is 17.9 Å². The number of rotatable bonds is 6. The van der Waals surface area contributed by atoms with Gasteiger partial charge in [0, 0.05) is 11.6 Å². The Hall–Kier alpha value is -3.15. The molecule has 0 atom stereocenters. The van der Waals surface area contributed by atoms with Gasteiger partial charge in [0.2, 0.25) is 0 Å². The Morgan fingerprint density at radius 1 is 1.12 bits per heavy atom. The van der Waals surface area contributed by atoms with Crippen molar-refractivity contribution in [3.63, 3.8) is 0 Å². The number of ether oxygens (including phenoxy) is 1. The predicted molar refractivity (Wildman–Crippen MR) is 98.9 cm³/mol. The number of nitrogens with one attached hydrogen (secondary N) is 2. The van der Waals surface area contributed by atoms with Crippen molar-refractivity contribution in [3.8, 4) is 5.75 Å². The average molecular weight is 351 g/mol. The molecule has 2 aromatic rings. The number of hydrogen-bond donors (Lipinski definition) is 2. The molecule has 2 amide bonds. The predicted octanol–water partition coefficient (Wildman–Crippen LogP) is 2.30. The van der Waals surface area contributed by atoms with E-state index >= 15 is 0 Å². The van der Waals surface area contributed by atoms with E-state index in [2.05, 4.69) is 15.8 Å². The van der Waals surface area contributed by atoms with Crippen molar-refractivity contribution in [1.29, 1.82) is 0 Å². The lowest BCUT2D eigenvalue weighted by atomic mass is 10.1. The van der Waals surface area contributed by atoms with Crippen molar-refractivity contribution < 1.29 is 14.3 Å². The second kappa shape index (κ2) is 8.29. The summed E-state index contributed by atoms with van der Waals surface area (Å²) in [5, 5.41) is 6.46. The minimum Gasteiger partial charge on any atom is -0.488 e. The van der Waals surface area contributed by atoms with Crippen LogP contribution in [-0.4, -0.2) is 24.1 Å². The maximum Gasteiger partial charge on any atom is 0.329 e. The highest BCUT2D eigenvalue weighted by Gasteiger charge is 2.26. The molecule has 6 heteroatoms. The molecule has 0 radical (unpaired) electrons. The molecule has 26 heavy (non-hydrogen) atoms. The first kappa shape index (κ1) is 17.7. The lowest BCUT2D eigenvalue weighted by Gasteiger charge is -2.09. The quantitative estimate of drug-likeness (QED) is 0.476. The monoisotopic (exact) mass is 351 g/mol. The highest BCUT2D eigenvalue weighted by atomic mass is 16.5. The Morgan fingerprint density at radius 3 is 2.58 bits per heavy atom. The summed E-state index contributed by atoms with van der Waals surface area (Å²) in [4.78, 5) is 23.2. The van der Waals surface area contributed by atoms with Crippen LogP contribution < -0.4 is 15.5 Å². The molecule has 0 saturated heterocycles. The molecule has 0 heterocycles. The number of aryl methyl sites for hydroxylation is 1. The lowest BCUT2D eigenvalue weighted by Crippen LogP contribution is -2.38. The average Bonchev–Trinajstić information content (AvgIpc) is 3.46. The van der Waals surface area contributed by atoms with Crippen LogP contribution in [0.25, 0.3) is 0 Å². The smallest absolute Gasteiger partial charge is 0.329 e. The van der Waals surface area contributed by atoms with E-state index in [1.165, 1.54) is 11.8 Å². The molecule has 0 unspecified atom stereocenters. The number of hydrogen-bond acceptors (Lipinski definition) is 4. The van der Waals surface area contributed by atoms with Gasteiger partial charge in [0.1, 0.15) is 12.4 Å². The zero-order chi connectivity index (χ0) is 18.4. The number of benzene rings is 2. The molecule has 134 valence electrons. The van der Waals surface area contributed by atoms with Gasteiger partial charge in [-0.25, -0.2) is 5.43 Å². The summed E-state index contributed by atoms with van der Waals surface area (Å²) in [7, 11) is 0. The van der Waals surface area contributed by atoms with Crippen molar-refractivity contribution >= 4 is 18.0 Å². The van der Waals surface area contributed by atoms with Crippen LogP contribution in [0, 0.1) is 6.92 Å². The van der Waals surface area contributed by atoms with Crippen LogP contribution in [0.3, 0.4) is 0 Å². The standard InChI is InChI=1S/C20H21N3O3/c1-14-6-8-15(9-7-14)13-26-18-5-3-2-4-16(18)12-21-23-20(25)19(24)22-17-10-11-17/h2-9,12,17H,10-11,13H2,1H3,(H,22,24)(H,23,25)/b21-12-. The summed E-state index contributed by atoms with van der Waals surface area (Å²) in [5.74, 6) is -0.784. The molecule has 1 aliphatic rings. The molecule has 6 nitrogen and oxygen atoms in total. The summed E-state index contributed by atoms with van der Waals surface area (Å²) >= 11 is 0. The second-order valence-electron chi connectivity index (χ2n) is 6.26. The number of carbonyl (C=O) groups excluding carboxylic acids is 2. The Bertz CT molecular complexity index is 811. The molecule has 0 bridgehead atoms. The van der Waals surface area contributed by atoms with Gasteiger partial charge in [0.05, 0.1) is 6.21 Å². The third-order valence-electron chi connectivity index (χ3n) is 3.92. The van der Waals surface area contributed by atoms with Crippen molar-refractivity contribution in [3.05, 3.63) is 65.2 Å². The maximum absolute atomic E-state index is 11.7. The van der Waals surface area contributed by atoms with Gasteiger partial charge in [-0.05, 0) is 37.5 Å². The number of amides is 2. The zero-order valence-electron chi connectivity index (χ0n) is 14.6. The van der Waals surface area contributed by atoms with E-state index in [9.17, 15) is 9.59 Å². The van der Waals surface area contributed by atoms with Gasteiger partial charge >= 0.3 is 11.8 Å². The van der Waals surface area contributed by atoms with Gasteiger partial charge in [-0.2, -0.15) is 5.10 Å². The normalized spacial score (nSPS) is 13.4. The van der Waals surface area contributed by atoms with Gasteiger partial charge in [0.25, 0.3) is 0 Å². The number of para-hydroxylation sites is 1. The first-order valence-corrected chi connectivity index (χ1v) is 8.53. The van der Waals surface area contributed by atoms with Gasteiger partial charge in [-0.1, -0.05) is 42.0 Å². The van der Waals surface area contributed by atoms with Crippen LogP contribution >= 0.6 is 0 Å². The summed E-state index contributed by atoms with van der Waals surface area (Å²) in [5.41, 5.74) is 5.20. The number of nitrogens with zero attached hydrogens (tertiary/aromatic N) is 1. The Labute approximate surface area is 152 Å². The van der Waals surface area contributed by atoms with Gasteiger partial charge in [0.15, 0.2) is 0 Å². The van der Waals surface area contributed by atoms with Gasteiger partial charge < -0.3 is 10.1 Å². The molecular weight excluding hydrogens is 330 g/mol. The fraction of sp³-hybridized carbons (Fsp3) is 0.250. The third kappa shape index (κ3) is 5.17. The Balaban J connectivity index is 1.56. The van der Waals surface area contributed by atoms with Gasteiger partial charge in [-0.3, -0.25) is 9.59 Å². The fourth-order valence-corrected chi connectivity index (χ4v) is 2.25. The first-order valence-electron chi connectivity index (χ1n) is 8.53. The molecule has 2 N–H and O–H groups in total. The second-order valence-corrected chi connectivity index (χ2v) is 6.26. The molecule has 1 aliphatic carbocycles. The topological polar surface area (TPSA) is 79.8 Å². The van der Waals surface area contributed by atoms with Crippen molar-refractivity contribution in [2.24, 2.45) is 5.10 Å². The first-order chi connectivity index (χ1) is 12.6. The Kier molecular flexibility index (Phi) is 5.63. The molecule has 0 aromatic heterocycles. The van der Waals surface area contributed by atoms with Crippen LogP contribution in [0.5, 0.6) is 5.75 Å². The number of carbonyl (C=O) groups is 2. The van der Waals surface area contributed by atoms with E-state index in [1.807, 2.05) is 55.5 Å². The molecular formula is C20H21N3O3. The number of hydrazone groups is 1. The highest BCUT2D eigenvalue weighted by Crippen LogP contribution is 2.19. The van der Waals surface area contributed by atoms with Gasteiger partial charge in [-0.15, -0.1) is 0 Å².